The van der Waals surface area contributed by atoms with E-state index < -0.39 is 0 Å². The van der Waals surface area contributed by atoms with E-state index in [0.29, 0.717) is 35.2 Å². The first-order chi connectivity index (χ1) is 13.4. The lowest BCUT2D eigenvalue weighted by molar-refractivity contribution is -0.131. The Hall–Kier alpha value is -1.60. The summed E-state index contributed by atoms with van der Waals surface area (Å²) in [7, 11) is 4.01. The second-order valence-electron chi connectivity index (χ2n) is 6.74. The molecule has 1 N–H and O–H groups in total. The van der Waals surface area contributed by atoms with Gasteiger partial charge in [0.15, 0.2) is 0 Å². The number of nitrogens with zero attached hydrogens (tertiary/aromatic N) is 2. The van der Waals surface area contributed by atoms with Gasteiger partial charge in [0.2, 0.25) is 5.91 Å². The Labute approximate surface area is 180 Å². The molecule has 0 aliphatic carbocycles. The third-order valence-electron chi connectivity index (χ3n) is 4.15. The van der Waals surface area contributed by atoms with Crippen molar-refractivity contribution in [2.24, 2.45) is 0 Å². The van der Waals surface area contributed by atoms with Gasteiger partial charge >= 0.3 is 0 Å². The minimum atomic E-state index is -0.155. The largest absolute Gasteiger partial charge is 0.351 e. The van der Waals surface area contributed by atoms with E-state index in [1.807, 2.05) is 25.5 Å². The van der Waals surface area contributed by atoms with E-state index in [-0.39, 0.29) is 18.2 Å². The summed E-state index contributed by atoms with van der Waals surface area (Å²) < 4.78 is 0. The van der Waals surface area contributed by atoms with Crippen LogP contribution in [0, 0.1) is 0 Å². The van der Waals surface area contributed by atoms with Gasteiger partial charge in [0.05, 0.1) is 10.0 Å². The van der Waals surface area contributed by atoms with Crippen molar-refractivity contribution in [1.29, 1.82) is 0 Å². The van der Waals surface area contributed by atoms with Crippen LogP contribution in [0.15, 0.2) is 35.0 Å². The zero-order valence-corrected chi connectivity index (χ0v) is 18.4. The quantitative estimate of drug-likeness (QED) is 0.602. The number of rotatable bonds is 10. The summed E-state index contributed by atoms with van der Waals surface area (Å²) in [6.07, 6.45) is 1.11. The van der Waals surface area contributed by atoms with Gasteiger partial charge in [-0.2, -0.15) is 11.3 Å². The molecular formula is C20H25Cl2N3O2S. The van der Waals surface area contributed by atoms with Crippen LogP contribution >= 0.6 is 34.5 Å². The summed E-state index contributed by atoms with van der Waals surface area (Å²) in [5, 5.41) is 7.40. The molecule has 0 atom stereocenters. The molecule has 2 rings (SSSR count). The van der Waals surface area contributed by atoms with Gasteiger partial charge in [-0.25, -0.2) is 0 Å². The lowest BCUT2D eigenvalue weighted by Gasteiger charge is -2.24. The summed E-state index contributed by atoms with van der Waals surface area (Å²) in [6, 6.07) is 7.16. The van der Waals surface area contributed by atoms with Crippen LogP contribution in [-0.4, -0.2) is 55.3 Å². The molecule has 0 aliphatic rings. The summed E-state index contributed by atoms with van der Waals surface area (Å²) in [5.41, 5.74) is 1.55. The normalized spacial score (nSPS) is 10.9. The molecule has 1 heterocycles. The van der Waals surface area contributed by atoms with E-state index in [1.54, 1.807) is 28.5 Å². The highest BCUT2D eigenvalue weighted by Gasteiger charge is 2.15. The van der Waals surface area contributed by atoms with Crippen LogP contribution in [0.3, 0.4) is 0 Å². The van der Waals surface area contributed by atoms with Crippen molar-refractivity contribution in [3.63, 3.8) is 0 Å². The molecule has 2 aromatic rings. The van der Waals surface area contributed by atoms with Crippen LogP contribution in [0.25, 0.3) is 0 Å². The Morgan fingerprint density at radius 3 is 2.54 bits per heavy atom. The number of amides is 2. The molecule has 1 aromatic heterocycles. The van der Waals surface area contributed by atoms with E-state index >= 15 is 0 Å². The minimum absolute atomic E-state index is 0.00422. The van der Waals surface area contributed by atoms with Crippen molar-refractivity contribution in [2.75, 3.05) is 33.7 Å². The van der Waals surface area contributed by atoms with Crippen LogP contribution in [0.2, 0.25) is 10.0 Å². The highest BCUT2D eigenvalue weighted by molar-refractivity contribution is 7.08. The SMILES string of the molecule is CN(C)CCCN(Cc1ccc(Cl)c(Cl)c1)C(=O)CCNC(=O)c1ccsc1. The van der Waals surface area contributed by atoms with Crippen molar-refractivity contribution in [2.45, 2.75) is 19.4 Å². The Morgan fingerprint density at radius 1 is 1.11 bits per heavy atom. The van der Waals surface area contributed by atoms with Crippen LogP contribution in [-0.2, 0) is 11.3 Å². The molecule has 0 spiro atoms. The van der Waals surface area contributed by atoms with E-state index in [4.69, 9.17) is 23.2 Å². The van der Waals surface area contributed by atoms with Crippen molar-refractivity contribution < 1.29 is 9.59 Å². The molecule has 5 nitrogen and oxygen atoms in total. The van der Waals surface area contributed by atoms with Crippen LogP contribution in [0.1, 0.15) is 28.8 Å². The van der Waals surface area contributed by atoms with Crippen molar-refractivity contribution in [1.82, 2.24) is 15.1 Å². The van der Waals surface area contributed by atoms with Gasteiger partial charge in [-0.3, -0.25) is 9.59 Å². The molecule has 1 aromatic carbocycles. The fourth-order valence-electron chi connectivity index (χ4n) is 2.66. The first-order valence-corrected chi connectivity index (χ1v) is 10.7. The molecule has 8 heteroatoms. The Morgan fingerprint density at radius 2 is 1.89 bits per heavy atom. The number of hydrogen-bond donors (Lipinski definition) is 1. The summed E-state index contributed by atoms with van der Waals surface area (Å²) in [6.45, 7) is 2.29. The van der Waals surface area contributed by atoms with Crippen molar-refractivity contribution in [3.05, 3.63) is 56.2 Å². The fourth-order valence-corrected chi connectivity index (χ4v) is 3.62. The van der Waals surface area contributed by atoms with Gasteiger partial charge < -0.3 is 15.1 Å². The summed E-state index contributed by atoms with van der Waals surface area (Å²) >= 11 is 13.5. The molecule has 0 unspecified atom stereocenters. The number of carbonyl (C=O) groups excluding carboxylic acids is 2. The second kappa shape index (κ2) is 11.4. The first-order valence-electron chi connectivity index (χ1n) is 9.03. The number of carbonyl (C=O) groups is 2. The first kappa shape index (κ1) is 22.7. The smallest absolute Gasteiger partial charge is 0.252 e. The van der Waals surface area contributed by atoms with E-state index in [1.165, 1.54) is 11.3 Å². The average Bonchev–Trinajstić information content (AvgIpc) is 3.18. The number of halogens is 2. The summed E-state index contributed by atoms with van der Waals surface area (Å²) in [4.78, 5) is 28.6. The summed E-state index contributed by atoms with van der Waals surface area (Å²) in [5.74, 6) is -0.159. The zero-order valence-electron chi connectivity index (χ0n) is 16.1. The van der Waals surface area contributed by atoms with Gasteiger partial charge in [-0.1, -0.05) is 29.3 Å². The molecule has 2 amide bonds. The number of hydrogen-bond acceptors (Lipinski definition) is 4. The standard InChI is InChI=1S/C20H25Cl2N3O2S/c1-24(2)9-3-10-25(13-15-4-5-17(21)18(22)12-15)19(26)6-8-23-20(27)16-7-11-28-14-16/h4-5,7,11-12,14H,3,6,8-10,13H2,1-2H3,(H,23,27). The molecule has 0 saturated carbocycles. The number of benzene rings is 1. The maximum absolute atomic E-state index is 12.7. The van der Waals surface area contributed by atoms with E-state index in [9.17, 15) is 9.59 Å². The maximum Gasteiger partial charge on any atom is 0.252 e. The molecule has 0 fully saturated rings. The van der Waals surface area contributed by atoms with Crippen molar-refractivity contribution >= 4 is 46.4 Å². The van der Waals surface area contributed by atoms with Crippen LogP contribution in [0.5, 0.6) is 0 Å². The predicted molar refractivity (Wildman–Crippen MR) is 116 cm³/mol. The van der Waals surface area contributed by atoms with Gasteiger partial charge in [0, 0.05) is 37.0 Å². The highest BCUT2D eigenvalue weighted by Crippen LogP contribution is 2.23. The highest BCUT2D eigenvalue weighted by atomic mass is 35.5. The van der Waals surface area contributed by atoms with Gasteiger partial charge in [0.1, 0.15) is 0 Å². The molecule has 0 aliphatic heterocycles. The molecule has 28 heavy (non-hydrogen) atoms. The molecule has 152 valence electrons. The van der Waals surface area contributed by atoms with Gasteiger partial charge in [-0.05, 0) is 56.2 Å². The molecular weight excluding hydrogens is 417 g/mol. The third kappa shape index (κ3) is 7.43. The molecule has 0 bridgehead atoms. The molecule has 0 saturated heterocycles. The van der Waals surface area contributed by atoms with E-state index in [0.717, 1.165) is 18.5 Å². The topological polar surface area (TPSA) is 52.6 Å². The predicted octanol–water partition coefficient (Wildman–Crippen LogP) is 4.16. The second-order valence-corrected chi connectivity index (χ2v) is 8.33. The van der Waals surface area contributed by atoms with Gasteiger partial charge in [0.25, 0.3) is 5.91 Å². The average molecular weight is 442 g/mol. The number of thiophene rings is 1. The lowest BCUT2D eigenvalue weighted by Crippen LogP contribution is -2.35. The maximum atomic E-state index is 12.7. The fraction of sp³-hybridized carbons (Fsp3) is 0.400. The zero-order chi connectivity index (χ0) is 20.5. The Kier molecular flexibility index (Phi) is 9.25. The van der Waals surface area contributed by atoms with Crippen LogP contribution in [0.4, 0.5) is 0 Å². The van der Waals surface area contributed by atoms with Crippen molar-refractivity contribution in [3.8, 4) is 0 Å². The Balaban J connectivity index is 1.93. The van der Waals surface area contributed by atoms with E-state index in [2.05, 4.69) is 10.2 Å². The third-order valence-corrected chi connectivity index (χ3v) is 5.57. The van der Waals surface area contributed by atoms with Gasteiger partial charge in [-0.15, -0.1) is 0 Å². The molecule has 0 radical (unpaired) electrons. The lowest BCUT2D eigenvalue weighted by atomic mass is 10.2. The number of nitrogens with one attached hydrogen (secondary N) is 1. The Bertz CT molecular complexity index is 782. The van der Waals surface area contributed by atoms with Crippen LogP contribution < -0.4 is 5.32 Å². The minimum Gasteiger partial charge on any atom is -0.351 e. The monoisotopic (exact) mass is 441 g/mol.